The van der Waals surface area contributed by atoms with Crippen LogP contribution < -0.4 is 9.62 Å². The van der Waals surface area contributed by atoms with Gasteiger partial charge in [-0.3, -0.25) is 9.69 Å². The van der Waals surface area contributed by atoms with Gasteiger partial charge in [-0.1, -0.05) is 41.7 Å². The molecule has 1 unspecified atom stereocenters. The molecule has 0 spiro atoms. The van der Waals surface area contributed by atoms with Crippen LogP contribution in [0.3, 0.4) is 0 Å². The minimum absolute atomic E-state index is 0.116. The van der Waals surface area contributed by atoms with Gasteiger partial charge in [0.2, 0.25) is 5.91 Å². The lowest BCUT2D eigenvalue weighted by Crippen LogP contribution is -2.27. The van der Waals surface area contributed by atoms with Gasteiger partial charge in [0.25, 0.3) is 0 Å². The topological polar surface area (TPSA) is 62.3 Å². The lowest BCUT2D eigenvalue weighted by Gasteiger charge is -2.14. The van der Waals surface area contributed by atoms with Crippen LogP contribution in [0.4, 0.5) is 9.52 Å². The number of anilines is 1. The lowest BCUT2D eigenvalue weighted by molar-refractivity contribution is -0.117. The number of aryl methyl sites for hydroxylation is 2. The number of halogens is 1. The number of amides is 1. The molecule has 29 heavy (non-hydrogen) atoms. The molecule has 1 aromatic heterocycles. The summed E-state index contributed by atoms with van der Waals surface area (Å²) in [7, 11) is 1.94. The third-order valence-electron chi connectivity index (χ3n) is 4.58. The highest BCUT2D eigenvalue weighted by atomic mass is 32.2. The number of carbonyl (C=O) groups is 1. The van der Waals surface area contributed by atoms with Crippen LogP contribution in [-0.2, 0) is 22.2 Å². The molecule has 1 heterocycles. The van der Waals surface area contributed by atoms with Gasteiger partial charge in [0.1, 0.15) is 21.0 Å². The third kappa shape index (κ3) is 4.77. The number of rotatable bonds is 6. The van der Waals surface area contributed by atoms with Crippen molar-refractivity contribution in [3.63, 3.8) is 0 Å². The van der Waals surface area contributed by atoms with Crippen molar-refractivity contribution < 1.29 is 13.4 Å². The summed E-state index contributed by atoms with van der Waals surface area (Å²) in [5.41, 5.74) is 4.23. The Balaban J connectivity index is 1.74. The smallest absolute Gasteiger partial charge is 0.232 e. The second kappa shape index (κ2) is 8.94. The van der Waals surface area contributed by atoms with Crippen molar-refractivity contribution in [3.8, 4) is 11.1 Å². The Hall–Kier alpha value is -2.42. The van der Waals surface area contributed by atoms with Crippen LogP contribution in [0.5, 0.6) is 0 Å². The third-order valence-corrected chi connectivity index (χ3v) is 7.31. The second-order valence-electron chi connectivity index (χ2n) is 6.63. The fourth-order valence-electron chi connectivity index (χ4n) is 2.88. The summed E-state index contributed by atoms with van der Waals surface area (Å²) in [5, 5.41) is 0.512. The van der Waals surface area contributed by atoms with Gasteiger partial charge in [-0.2, -0.15) is 0 Å². The second-order valence-corrected chi connectivity index (χ2v) is 9.22. The van der Waals surface area contributed by atoms with Crippen LogP contribution >= 0.6 is 11.3 Å². The highest BCUT2D eigenvalue weighted by Crippen LogP contribution is 2.28. The lowest BCUT2D eigenvalue weighted by atomic mass is 9.98. The average molecular weight is 432 g/mol. The molecule has 1 amide bonds. The molecule has 0 saturated heterocycles. The number of likely N-dealkylation sites (N-methyl/N-ethyl adjacent to an activating group) is 1. The number of nitrogens with one attached hydrogen (secondary N) is 1. The van der Waals surface area contributed by atoms with Crippen LogP contribution in [0.25, 0.3) is 11.1 Å². The Kier molecular flexibility index (Phi) is 6.56. The van der Waals surface area contributed by atoms with E-state index in [1.807, 2.05) is 31.2 Å². The van der Waals surface area contributed by atoms with Crippen molar-refractivity contribution in [1.82, 2.24) is 9.71 Å². The minimum atomic E-state index is -1.33. The van der Waals surface area contributed by atoms with Gasteiger partial charge >= 0.3 is 0 Å². The zero-order chi connectivity index (χ0) is 21.1. The van der Waals surface area contributed by atoms with Crippen LogP contribution in [0.2, 0.25) is 0 Å². The summed E-state index contributed by atoms with van der Waals surface area (Å²) >= 11 is 1.24. The number of hydrogen-bond acceptors (Lipinski definition) is 4. The first-order valence-corrected chi connectivity index (χ1v) is 11.0. The maximum atomic E-state index is 13.6. The van der Waals surface area contributed by atoms with E-state index in [1.165, 1.54) is 28.4 Å². The van der Waals surface area contributed by atoms with Crippen molar-refractivity contribution in [1.29, 1.82) is 0 Å². The molecule has 1 atom stereocenters. The van der Waals surface area contributed by atoms with Gasteiger partial charge in [-0.05, 0) is 55.3 Å². The molecule has 3 rings (SSSR count). The maximum Gasteiger partial charge on any atom is 0.232 e. The maximum absolute atomic E-state index is 13.6. The van der Waals surface area contributed by atoms with Crippen LogP contribution in [-0.4, -0.2) is 29.2 Å². The van der Waals surface area contributed by atoms with E-state index in [0.717, 1.165) is 22.3 Å². The Labute approximate surface area is 176 Å². The van der Waals surface area contributed by atoms with Crippen molar-refractivity contribution in [2.24, 2.45) is 0 Å². The number of hydrogen-bond donors (Lipinski definition) is 1. The molecule has 8 heteroatoms. The van der Waals surface area contributed by atoms with Crippen molar-refractivity contribution in [3.05, 3.63) is 65.1 Å². The zero-order valence-electron chi connectivity index (χ0n) is 16.7. The largest absolute Gasteiger partial charge is 0.291 e. The summed E-state index contributed by atoms with van der Waals surface area (Å²) in [4.78, 5) is 18.5. The predicted molar refractivity (Wildman–Crippen MR) is 116 cm³/mol. The molecule has 2 aromatic carbocycles. The molecular formula is C21H22FN3O2S2. The molecule has 1 N–H and O–H groups in total. The molecule has 0 aliphatic heterocycles. The van der Waals surface area contributed by atoms with E-state index in [2.05, 4.69) is 9.71 Å². The molecule has 0 bridgehead atoms. The average Bonchev–Trinajstić information content (AvgIpc) is 3.10. The van der Waals surface area contributed by atoms with Crippen LogP contribution in [0, 0.1) is 19.7 Å². The van der Waals surface area contributed by atoms with E-state index in [9.17, 15) is 13.4 Å². The first kappa shape index (κ1) is 21.3. The number of thiazole rings is 1. The first-order valence-electron chi connectivity index (χ1n) is 8.98. The van der Waals surface area contributed by atoms with E-state index in [4.69, 9.17) is 0 Å². The van der Waals surface area contributed by atoms with Crippen LogP contribution in [0.1, 0.15) is 16.8 Å². The number of nitrogens with zero attached hydrogens (tertiary/aromatic N) is 2. The SMILES string of the molecule is CNS(=O)c1sc(N(C)C(=O)Cc2ccc(-c3cc(F)ccc3C)cc2)nc1C. The predicted octanol–water partition coefficient (Wildman–Crippen LogP) is 4.01. The monoisotopic (exact) mass is 431 g/mol. The summed E-state index contributed by atoms with van der Waals surface area (Å²) < 4.78 is 28.8. The molecule has 0 radical (unpaired) electrons. The van der Waals surface area contributed by atoms with Gasteiger partial charge < -0.3 is 0 Å². The Morgan fingerprint density at radius 2 is 1.90 bits per heavy atom. The van der Waals surface area contributed by atoms with Gasteiger partial charge in [0.05, 0.1) is 12.1 Å². The quantitative estimate of drug-likeness (QED) is 0.641. The molecule has 5 nitrogen and oxygen atoms in total. The van der Waals surface area contributed by atoms with E-state index < -0.39 is 11.0 Å². The standard InChI is InChI=1S/C21H22FN3O2S2/c1-13-5-10-17(22)12-18(13)16-8-6-15(7-9-16)11-19(26)25(4)21-24-14(2)20(28-21)29(27)23-3/h5-10,12,23H,11H2,1-4H3. The minimum Gasteiger partial charge on any atom is -0.291 e. The molecule has 152 valence electrons. The van der Waals surface area contributed by atoms with Gasteiger partial charge in [-0.15, -0.1) is 0 Å². The summed E-state index contributed by atoms with van der Waals surface area (Å²) in [5.74, 6) is -0.390. The molecule has 0 aliphatic carbocycles. The number of aromatic nitrogens is 1. The fraction of sp³-hybridized carbons (Fsp3) is 0.238. The van der Waals surface area contributed by atoms with E-state index >= 15 is 0 Å². The number of benzene rings is 2. The first-order chi connectivity index (χ1) is 13.8. The Morgan fingerprint density at radius 1 is 1.21 bits per heavy atom. The highest BCUT2D eigenvalue weighted by molar-refractivity contribution is 7.85. The Morgan fingerprint density at radius 3 is 2.55 bits per heavy atom. The molecule has 0 saturated carbocycles. The van der Waals surface area contributed by atoms with E-state index in [-0.39, 0.29) is 18.1 Å². The van der Waals surface area contributed by atoms with Crippen molar-refractivity contribution in [2.45, 2.75) is 24.5 Å². The molecule has 0 aliphatic rings. The zero-order valence-corrected chi connectivity index (χ0v) is 18.3. The summed E-state index contributed by atoms with van der Waals surface area (Å²) in [6.45, 7) is 3.71. The van der Waals surface area contributed by atoms with Gasteiger partial charge in [0, 0.05) is 7.05 Å². The van der Waals surface area contributed by atoms with Gasteiger partial charge in [-0.25, -0.2) is 18.3 Å². The summed E-state index contributed by atoms with van der Waals surface area (Å²) in [6, 6.07) is 12.3. The normalized spacial score (nSPS) is 12.0. The molecular weight excluding hydrogens is 409 g/mol. The van der Waals surface area contributed by atoms with Crippen molar-refractivity contribution >= 4 is 33.4 Å². The van der Waals surface area contributed by atoms with E-state index in [1.54, 1.807) is 27.1 Å². The molecule has 0 fully saturated rings. The van der Waals surface area contributed by atoms with Crippen LogP contribution in [0.15, 0.2) is 46.7 Å². The summed E-state index contributed by atoms with van der Waals surface area (Å²) in [6.07, 6.45) is 0.210. The Bertz CT molecular complexity index is 1060. The van der Waals surface area contributed by atoms with E-state index in [0.29, 0.717) is 15.0 Å². The van der Waals surface area contributed by atoms with Gasteiger partial charge in [0.15, 0.2) is 5.13 Å². The molecule has 3 aromatic rings. The number of carbonyl (C=O) groups excluding carboxylic acids is 1. The highest BCUT2D eigenvalue weighted by Gasteiger charge is 2.19. The fourth-order valence-corrected chi connectivity index (χ4v) is 4.94. The van der Waals surface area contributed by atoms with Crippen molar-refractivity contribution in [2.75, 3.05) is 19.0 Å².